The lowest BCUT2D eigenvalue weighted by Gasteiger charge is -2.10. The number of nitrogens with one attached hydrogen (secondary N) is 1. The standard InChI is InChI=1S/C9H16N4O2/c1-7(15-2)3-11-9(14)6-13-5-8(10)4-12-13/h4-5,7H,3,6,10H2,1-2H3,(H,11,14). The molecule has 0 aliphatic rings. The fraction of sp³-hybridized carbons (Fsp3) is 0.556. The maximum absolute atomic E-state index is 11.4. The van der Waals surface area contributed by atoms with E-state index in [2.05, 4.69) is 10.4 Å². The lowest BCUT2D eigenvalue weighted by Crippen LogP contribution is -2.34. The van der Waals surface area contributed by atoms with Gasteiger partial charge in [0.1, 0.15) is 6.54 Å². The molecule has 1 heterocycles. The summed E-state index contributed by atoms with van der Waals surface area (Å²) < 4.78 is 6.49. The van der Waals surface area contributed by atoms with Crippen LogP contribution in [0.1, 0.15) is 6.92 Å². The van der Waals surface area contributed by atoms with Gasteiger partial charge in [-0.25, -0.2) is 0 Å². The van der Waals surface area contributed by atoms with Crippen molar-refractivity contribution in [2.24, 2.45) is 0 Å². The fourth-order valence-corrected chi connectivity index (χ4v) is 1.01. The predicted octanol–water partition coefficient (Wildman–Crippen LogP) is -0.384. The van der Waals surface area contributed by atoms with E-state index in [0.29, 0.717) is 12.2 Å². The number of nitrogens with zero attached hydrogens (tertiary/aromatic N) is 2. The minimum Gasteiger partial charge on any atom is -0.396 e. The second-order valence-corrected chi connectivity index (χ2v) is 3.32. The molecule has 0 saturated carbocycles. The minimum atomic E-state index is -0.109. The monoisotopic (exact) mass is 212 g/mol. The van der Waals surface area contributed by atoms with Crippen molar-refractivity contribution in [1.82, 2.24) is 15.1 Å². The van der Waals surface area contributed by atoms with E-state index >= 15 is 0 Å². The first kappa shape index (κ1) is 11.5. The highest BCUT2D eigenvalue weighted by Crippen LogP contribution is 1.96. The van der Waals surface area contributed by atoms with Gasteiger partial charge in [0, 0.05) is 19.9 Å². The third-order valence-electron chi connectivity index (χ3n) is 1.95. The van der Waals surface area contributed by atoms with Crippen molar-refractivity contribution in [3.8, 4) is 0 Å². The Hall–Kier alpha value is -1.56. The van der Waals surface area contributed by atoms with Gasteiger partial charge in [-0.05, 0) is 6.92 Å². The lowest BCUT2D eigenvalue weighted by molar-refractivity contribution is -0.122. The molecule has 1 aromatic heterocycles. The van der Waals surface area contributed by atoms with Crippen LogP contribution in [0.25, 0.3) is 0 Å². The molecule has 0 aliphatic heterocycles. The molecule has 1 amide bonds. The molecular formula is C9H16N4O2. The van der Waals surface area contributed by atoms with Crippen LogP contribution in [0.2, 0.25) is 0 Å². The molecule has 6 heteroatoms. The molecule has 0 saturated heterocycles. The van der Waals surface area contributed by atoms with Crippen molar-refractivity contribution in [3.05, 3.63) is 12.4 Å². The van der Waals surface area contributed by atoms with Crippen LogP contribution >= 0.6 is 0 Å². The Bertz CT molecular complexity index is 324. The van der Waals surface area contributed by atoms with E-state index in [0.717, 1.165) is 0 Å². The molecule has 0 aromatic carbocycles. The molecule has 0 fully saturated rings. The van der Waals surface area contributed by atoms with E-state index in [1.807, 2.05) is 6.92 Å². The first-order valence-corrected chi connectivity index (χ1v) is 4.69. The van der Waals surface area contributed by atoms with Crippen LogP contribution in [-0.4, -0.2) is 35.4 Å². The van der Waals surface area contributed by atoms with Gasteiger partial charge in [-0.15, -0.1) is 0 Å². The second kappa shape index (κ2) is 5.35. The summed E-state index contributed by atoms with van der Waals surface area (Å²) in [6.45, 7) is 2.55. The minimum absolute atomic E-state index is 0.0108. The number of hydrogen-bond donors (Lipinski definition) is 2. The van der Waals surface area contributed by atoms with Crippen LogP contribution < -0.4 is 11.1 Å². The molecule has 1 aromatic rings. The Labute approximate surface area is 88.4 Å². The molecule has 0 spiro atoms. The summed E-state index contributed by atoms with van der Waals surface area (Å²) in [6, 6.07) is 0. The van der Waals surface area contributed by atoms with Crippen LogP contribution in [0.3, 0.4) is 0 Å². The number of carbonyl (C=O) groups is 1. The van der Waals surface area contributed by atoms with Crippen LogP contribution in [-0.2, 0) is 16.1 Å². The molecule has 3 N–H and O–H groups in total. The second-order valence-electron chi connectivity index (χ2n) is 3.32. The number of nitrogens with two attached hydrogens (primary N) is 1. The number of amides is 1. The van der Waals surface area contributed by atoms with Gasteiger partial charge in [0.05, 0.1) is 18.0 Å². The lowest BCUT2D eigenvalue weighted by atomic mass is 10.4. The topological polar surface area (TPSA) is 82.2 Å². The van der Waals surface area contributed by atoms with E-state index in [-0.39, 0.29) is 18.6 Å². The van der Waals surface area contributed by atoms with Gasteiger partial charge in [0.25, 0.3) is 0 Å². The van der Waals surface area contributed by atoms with E-state index in [9.17, 15) is 4.79 Å². The van der Waals surface area contributed by atoms with Crippen LogP contribution in [0.5, 0.6) is 0 Å². The highest BCUT2D eigenvalue weighted by Gasteiger charge is 2.05. The molecule has 1 atom stereocenters. The van der Waals surface area contributed by atoms with Gasteiger partial charge in [-0.1, -0.05) is 0 Å². The zero-order valence-electron chi connectivity index (χ0n) is 8.93. The molecule has 0 aliphatic carbocycles. The summed E-state index contributed by atoms with van der Waals surface area (Å²) in [4.78, 5) is 11.4. The van der Waals surface area contributed by atoms with Gasteiger partial charge in [0.15, 0.2) is 0 Å². The SMILES string of the molecule is COC(C)CNC(=O)Cn1cc(N)cn1. The number of hydrogen-bond acceptors (Lipinski definition) is 4. The maximum Gasteiger partial charge on any atom is 0.241 e. The zero-order valence-corrected chi connectivity index (χ0v) is 8.93. The number of rotatable bonds is 5. The van der Waals surface area contributed by atoms with Gasteiger partial charge >= 0.3 is 0 Å². The Kier molecular flexibility index (Phi) is 4.11. The van der Waals surface area contributed by atoms with Crippen LogP contribution in [0.4, 0.5) is 5.69 Å². The largest absolute Gasteiger partial charge is 0.396 e. The third-order valence-corrected chi connectivity index (χ3v) is 1.95. The number of nitrogen functional groups attached to an aromatic ring is 1. The zero-order chi connectivity index (χ0) is 11.3. The van der Waals surface area contributed by atoms with Crippen LogP contribution in [0.15, 0.2) is 12.4 Å². The average Bonchev–Trinajstić information content (AvgIpc) is 2.60. The molecule has 0 radical (unpaired) electrons. The van der Waals surface area contributed by atoms with E-state index in [1.165, 1.54) is 10.9 Å². The summed E-state index contributed by atoms with van der Waals surface area (Å²) in [5.41, 5.74) is 6.01. The fourth-order valence-electron chi connectivity index (χ4n) is 1.01. The number of carbonyl (C=O) groups excluding carboxylic acids is 1. The Balaban J connectivity index is 2.30. The third kappa shape index (κ3) is 3.99. The molecule has 0 bridgehead atoms. The van der Waals surface area contributed by atoms with Crippen molar-refractivity contribution in [1.29, 1.82) is 0 Å². The first-order chi connectivity index (χ1) is 7.11. The number of aromatic nitrogens is 2. The van der Waals surface area contributed by atoms with E-state index in [4.69, 9.17) is 10.5 Å². The Morgan fingerprint density at radius 1 is 1.80 bits per heavy atom. The smallest absolute Gasteiger partial charge is 0.241 e. The molecular weight excluding hydrogens is 196 g/mol. The van der Waals surface area contributed by atoms with Crippen molar-refractivity contribution >= 4 is 11.6 Å². The van der Waals surface area contributed by atoms with Gasteiger partial charge < -0.3 is 15.8 Å². The van der Waals surface area contributed by atoms with Crippen LogP contribution in [0, 0.1) is 0 Å². The summed E-state index contributed by atoms with van der Waals surface area (Å²) in [6.07, 6.45) is 3.13. The predicted molar refractivity (Wildman–Crippen MR) is 56.1 cm³/mol. The molecule has 1 unspecified atom stereocenters. The number of ether oxygens (including phenoxy) is 1. The summed E-state index contributed by atoms with van der Waals surface area (Å²) in [5.74, 6) is -0.109. The van der Waals surface area contributed by atoms with Crippen molar-refractivity contribution in [3.63, 3.8) is 0 Å². The summed E-state index contributed by atoms with van der Waals surface area (Å²) in [5, 5.41) is 6.63. The summed E-state index contributed by atoms with van der Waals surface area (Å²) >= 11 is 0. The van der Waals surface area contributed by atoms with Crippen molar-refractivity contribution in [2.75, 3.05) is 19.4 Å². The van der Waals surface area contributed by atoms with Crippen molar-refractivity contribution < 1.29 is 9.53 Å². The average molecular weight is 212 g/mol. The first-order valence-electron chi connectivity index (χ1n) is 4.69. The Morgan fingerprint density at radius 3 is 3.07 bits per heavy atom. The molecule has 1 rings (SSSR count). The molecule has 6 nitrogen and oxygen atoms in total. The normalized spacial score (nSPS) is 12.4. The van der Waals surface area contributed by atoms with Gasteiger partial charge in [-0.3, -0.25) is 9.48 Å². The highest BCUT2D eigenvalue weighted by atomic mass is 16.5. The quantitative estimate of drug-likeness (QED) is 0.696. The van der Waals surface area contributed by atoms with E-state index < -0.39 is 0 Å². The molecule has 84 valence electrons. The summed E-state index contributed by atoms with van der Waals surface area (Å²) in [7, 11) is 1.60. The number of anilines is 1. The van der Waals surface area contributed by atoms with Crippen molar-refractivity contribution in [2.45, 2.75) is 19.6 Å². The number of methoxy groups -OCH3 is 1. The van der Waals surface area contributed by atoms with E-state index in [1.54, 1.807) is 13.3 Å². The van der Waals surface area contributed by atoms with Gasteiger partial charge in [-0.2, -0.15) is 5.10 Å². The van der Waals surface area contributed by atoms with Gasteiger partial charge in [0.2, 0.25) is 5.91 Å². The molecule has 15 heavy (non-hydrogen) atoms. The highest BCUT2D eigenvalue weighted by molar-refractivity contribution is 5.75. The maximum atomic E-state index is 11.4. The Morgan fingerprint density at radius 2 is 2.53 bits per heavy atom.